The highest BCUT2D eigenvalue weighted by Gasteiger charge is 2.39. The largest absolute Gasteiger partial charge is 0.481 e. The van der Waals surface area contributed by atoms with Gasteiger partial charge in [-0.2, -0.15) is 0 Å². The zero-order valence-electron chi connectivity index (χ0n) is 15.6. The molecular formula is C20H34O6. The van der Waals surface area contributed by atoms with E-state index in [0.717, 1.165) is 6.42 Å². The minimum Gasteiger partial charge on any atom is -0.481 e. The molecule has 0 spiro atoms. The van der Waals surface area contributed by atoms with Gasteiger partial charge in [-0.25, -0.2) is 0 Å². The summed E-state index contributed by atoms with van der Waals surface area (Å²) in [4.78, 5) is 10.5. The number of allylic oxidation sites excluding steroid dienone is 2. The standard InChI is InChI=1S/C20H34O6/c1-14(21)7-6-8-15(22)11-12-17-16(18(23)13-19(17)24)9-4-2-3-5-10-20(25)26/h2,4,11-12,14-19,21-24H,3,5-10,13H2,1H3,(H,25,26)/b4-2-,12-11+/t14-,15-,16-,17-,18+,19-/m1/s1. The highest BCUT2D eigenvalue weighted by atomic mass is 16.4. The van der Waals surface area contributed by atoms with E-state index < -0.39 is 24.3 Å². The smallest absolute Gasteiger partial charge is 0.303 e. The highest BCUT2D eigenvalue weighted by Crippen LogP contribution is 2.36. The number of aliphatic hydroxyl groups is 4. The molecule has 0 bridgehead atoms. The lowest BCUT2D eigenvalue weighted by molar-refractivity contribution is -0.137. The van der Waals surface area contributed by atoms with E-state index in [1.807, 2.05) is 12.2 Å². The molecule has 0 aliphatic heterocycles. The number of carbonyl (C=O) groups is 1. The Morgan fingerprint density at radius 1 is 1.12 bits per heavy atom. The molecule has 26 heavy (non-hydrogen) atoms. The van der Waals surface area contributed by atoms with Gasteiger partial charge in [0.15, 0.2) is 0 Å². The molecule has 1 fully saturated rings. The minimum atomic E-state index is -0.801. The molecule has 0 aromatic carbocycles. The normalized spacial score (nSPS) is 28.8. The van der Waals surface area contributed by atoms with Crippen LogP contribution in [0.3, 0.4) is 0 Å². The van der Waals surface area contributed by atoms with Gasteiger partial charge in [0.25, 0.3) is 0 Å². The van der Waals surface area contributed by atoms with Crippen LogP contribution in [0, 0.1) is 11.8 Å². The van der Waals surface area contributed by atoms with Gasteiger partial charge in [-0.1, -0.05) is 24.3 Å². The summed E-state index contributed by atoms with van der Waals surface area (Å²) in [7, 11) is 0. The molecule has 1 aliphatic rings. The number of aliphatic hydroxyl groups excluding tert-OH is 4. The third-order valence-corrected chi connectivity index (χ3v) is 4.93. The van der Waals surface area contributed by atoms with Crippen molar-refractivity contribution in [3.05, 3.63) is 24.3 Å². The van der Waals surface area contributed by atoms with Crippen molar-refractivity contribution < 1.29 is 30.3 Å². The number of rotatable bonds is 12. The van der Waals surface area contributed by atoms with Crippen LogP contribution >= 0.6 is 0 Å². The van der Waals surface area contributed by atoms with E-state index in [4.69, 9.17) is 5.11 Å². The maximum Gasteiger partial charge on any atom is 0.303 e. The van der Waals surface area contributed by atoms with Crippen LogP contribution < -0.4 is 0 Å². The van der Waals surface area contributed by atoms with Gasteiger partial charge >= 0.3 is 5.97 Å². The van der Waals surface area contributed by atoms with E-state index in [1.54, 1.807) is 19.1 Å². The van der Waals surface area contributed by atoms with Gasteiger partial charge in [0.1, 0.15) is 0 Å². The van der Waals surface area contributed by atoms with E-state index in [2.05, 4.69) is 0 Å². The second kappa shape index (κ2) is 12.2. The van der Waals surface area contributed by atoms with E-state index in [9.17, 15) is 25.2 Å². The summed E-state index contributed by atoms with van der Waals surface area (Å²) in [5.74, 6) is -1.12. The van der Waals surface area contributed by atoms with E-state index >= 15 is 0 Å². The zero-order chi connectivity index (χ0) is 19.5. The third kappa shape index (κ3) is 8.94. The van der Waals surface area contributed by atoms with Gasteiger partial charge in [0, 0.05) is 18.8 Å². The fourth-order valence-corrected chi connectivity index (χ4v) is 3.42. The van der Waals surface area contributed by atoms with E-state index in [-0.39, 0.29) is 24.4 Å². The maximum absolute atomic E-state index is 10.5. The van der Waals surface area contributed by atoms with Crippen molar-refractivity contribution in [3.8, 4) is 0 Å². The van der Waals surface area contributed by atoms with Crippen molar-refractivity contribution >= 4 is 5.97 Å². The molecule has 0 amide bonds. The summed E-state index contributed by atoms with van der Waals surface area (Å²) in [6.45, 7) is 1.72. The topological polar surface area (TPSA) is 118 Å². The molecule has 150 valence electrons. The van der Waals surface area contributed by atoms with Crippen LogP contribution in [0.25, 0.3) is 0 Å². The molecule has 1 saturated carbocycles. The fourth-order valence-electron chi connectivity index (χ4n) is 3.42. The van der Waals surface area contributed by atoms with Crippen molar-refractivity contribution in [1.29, 1.82) is 0 Å². The highest BCUT2D eigenvalue weighted by molar-refractivity contribution is 5.66. The molecule has 0 aromatic rings. The Morgan fingerprint density at radius 2 is 1.85 bits per heavy atom. The molecule has 1 rings (SSSR count). The first-order valence-corrected chi connectivity index (χ1v) is 9.58. The second-order valence-corrected chi connectivity index (χ2v) is 7.34. The average Bonchev–Trinajstić information content (AvgIpc) is 2.81. The fraction of sp³-hybridized carbons (Fsp3) is 0.750. The Labute approximate surface area is 155 Å². The molecule has 5 N–H and O–H groups in total. The lowest BCUT2D eigenvalue weighted by Gasteiger charge is -2.19. The van der Waals surface area contributed by atoms with Crippen LogP contribution in [0.2, 0.25) is 0 Å². The Balaban J connectivity index is 2.46. The number of unbranched alkanes of at least 4 members (excludes halogenated alkanes) is 1. The Hall–Kier alpha value is -1.21. The Morgan fingerprint density at radius 3 is 2.50 bits per heavy atom. The predicted octanol–water partition coefficient (Wildman–Crippen LogP) is 2.01. The molecule has 0 aromatic heterocycles. The van der Waals surface area contributed by atoms with Crippen LogP contribution in [0.15, 0.2) is 24.3 Å². The Kier molecular flexibility index (Phi) is 10.7. The zero-order valence-corrected chi connectivity index (χ0v) is 15.6. The lowest BCUT2D eigenvalue weighted by Crippen LogP contribution is -2.20. The lowest BCUT2D eigenvalue weighted by atomic mass is 9.89. The third-order valence-electron chi connectivity index (χ3n) is 4.93. The first kappa shape index (κ1) is 22.8. The monoisotopic (exact) mass is 370 g/mol. The van der Waals surface area contributed by atoms with Crippen LogP contribution in [0.1, 0.15) is 58.3 Å². The molecule has 0 heterocycles. The van der Waals surface area contributed by atoms with Crippen LogP contribution in [-0.2, 0) is 4.79 Å². The number of aliphatic carboxylic acids is 1. The summed E-state index contributed by atoms with van der Waals surface area (Å²) < 4.78 is 0. The van der Waals surface area contributed by atoms with Crippen molar-refractivity contribution in [2.75, 3.05) is 0 Å². The Bertz CT molecular complexity index is 459. The molecule has 6 atom stereocenters. The molecule has 0 unspecified atom stereocenters. The van der Waals surface area contributed by atoms with Crippen molar-refractivity contribution in [2.45, 2.75) is 82.7 Å². The summed E-state index contributed by atoms with van der Waals surface area (Å²) in [5.41, 5.74) is 0. The van der Waals surface area contributed by atoms with E-state index in [0.29, 0.717) is 38.5 Å². The first-order chi connectivity index (χ1) is 12.3. The minimum absolute atomic E-state index is 0.110. The molecule has 1 aliphatic carbocycles. The SMILES string of the molecule is C[C@@H](O)CCC[C@@H](O)/C=C/[C@@H]1[C@@H](C/C=C\CCCC(=O)O)[C@@H](O)C[C@H]1O. The summed E-state index contributed by atoms with van der Waals surface area (Å²) >= 11 is 0. The van der Waals surface area contributed by atoms with Crippen LogP contribution in [0.4, 0.5) is 0 Å². The number of hydrogen-bond donors (Lipinski definition) is 5. The number of hydrogen-bond acceptors (Lipinski definition) is 5. The summed E-state index contributed by atoms with van der Waals surface area (Å²) in [5, 5.41) is 48.2. The van der Waals surface area contributed by atoms with E-state index in [1.165, 1.54) is 0 Å². The van der Waals surface area contributed by atoms with Gasteiger partial charge in [0.2, 0.25) is 0 Å². The van der Waals surface area contributed by atoms with Gasteiger partial charge in [-0.3, -0.25) is 4.79 Å². The predicted molar refractivity (Wildman–Crippen MR) is 99.5 cm³/mol. The summed E-state index contributed by atoms with van der Waals surface area (Å²) in [6, 6.07) is 0. The molecule has 6 nitrogen and oxygen atoms in total. The average molecular weight is 370 g/mol. The van der Waals surface area contributed by atoms with Crippen molar-refractivity contribution in [3.63, 3.8) is 0 Å². The van der Waals surface area contributed by atoms with Gasteiger partial charge in [-0.05, 0) is 51.4 Å². The van der Waals surface area contributed by atoms with Gasteiger partial charge in [0.05, 0.1) is 24.4 Å². The molecular weight excluding hydrogens is 336 g/mol. The van der Waals surface area contributed by atoms with Gasteiger partial charge < -0.3 is 25.5 Å². The summed E-state index contributed by atoms with van der Waals surface area (Å²) in [6.07, 6.45) is 9.41. The molecule has 0 saturated heterocycles. The second-order valence-electron chi connectivity index (χ2n) is 7.34. The molecule has 6 heteroatoms. The van der Waals surface area contributed by atoms with Crippen molar-refractivity contribution in [2.24, 2.45) is 11.8 Å². The first-order valence-electron chi connectivity index (χ1n) is 9.58. The maximum atomic E-state index is 10.5. The number of carboxylic acid groups (broad SMARTS) is 1. The van der Waals surface area contributed by atoms with Gasteiger partial charge in [-0.15, -0.1) is 0 Å². The van der Waals surface area contributed by atoms with Crippen LogP contribution in [-0.4, -0.2) is 55.9 Å². The number of carboxylic acids is 1. The van der Waals surface area contributed by atoms with Crippen molar-refractivity contribution in [1.82, 2.24) is 0 Å². The molecule has 0 radical (unpaired) electrons. The quantitative estimate of drug-likeness (QED) is 0.265. The van der Waals surface area contributed by atoms with Crippen LogP contribution in [0.5, 0.6) is 0 Å².